The van der Waals surface area contributed by atoms with Crippen molar-refractivity contribution in [2.24, 2.45) is 0 Å². The molecule has 0 saturated heterocycles. The lowest BCUT2D eigenvalue weighted by Crippen LogP contribution is -2.31. The minimum atomic E-state index is -0.826. The Morgan fingerprint density at radius 3 is 3.06 bits per heavy atom. The molecule has 3 nitrogen and oxygen atoms in total. The second-order valence-corrected chi connectivity index (χ2v) is 4.28. The van der Waals surface area contributed by atoms with Crippen molar-refractivity contribution in [2.45, 2.75) is 19.3 Å². The van der Waals surface area contributed by atoms with Crippen molar-refractivity contribution in [2.75, 3.05) is 18.0 Å². The standard InChI is InChI=1S/C14H17NO2/c1-2-3-9-15-10-5-7-11-12(14(16)17)6-4-8-13(11)15/h2,4,6,8H,1,3,5,7,9-10H2,(H,16,17). The Morgan fingerprint density at radius 1 is 1.53 bits per heavy atom. The Hall–Kier alpha value is -1.77. The van der Waals surface area contributed by atoms with Crippen molar-refractivity contribution >= 4 is 11.7 Å². The molecule has 1 heterocycles. The average Bonchev–Trinajstić information content (AvgIpc) is 2.35. The van der Waals surface area contributed by atoms with Crippen LogP contribution in [0.3, 0.4) is 0 Å². The Labute approximate surface area is 101 Å². The number of aromatic carboxylic acids is 1. The molecule has 0 aliphatic carbocycles. The van der Waals surface area contributed by atoms with Crippen LogP contribution in [0.4, 0.5) is 5.69 Å². The first kappa shape index (κ1) is 11.7. The highest BCUT2D eigenvalue weighted by Crippen LogP contribution is 2.29. The molecular formula is C14H17NO2. The Kier molecular flexibility index (Phi) is 3.47. The molecule has 17 heavy (non-hydrogen) atoms. The molecule has 1 aliphatic rings. The van der Waals surface area contributed by atoms with Gasteiger partial charge in [0.2, 0.25) is 0 Å². The lowest BCUT2D eigenvalue weighted by Gasteiger charge is -2.31. The summed E-state index contributed by atoms with van der Waals surface area (Å²) in [6.07, 6.45) is 4.71. The molecule has 3 heteroatoms. The lowest BCUT2D eigenvalue weighted by molar-refractivity contribution is 0.0695. The highest BCUT2D eigenvalue weighted by Gasteiger charge is 2.21. The number of anilines is 1. The van der Waals surface area contributed by atoms with Crippen LogP contribution >= 0.6 is 0 Å². The molecule has 0 fully saturated rings. The number of rotatable bonds is 4. The maximum absolute atomic E-state index is 11.2. The van der Waals surface area contributed by atoms with Gasteiger partial charge in [-0.1, -0.05) is 12.1 Å². The SMILES string of the molecule is C=CCCN1CCCc2c(C(=O)O)cccc21. The summed E-state index contributed by atoms with van der Waals surface area (Å²) in [7, 11) is 0. The van der Waals surface area contributed by atoms with Crippen molar-refractivity contribution < 1.29 is 9.90 Å². The summed E-state index contributed by atoms with van der Waals surface area (Å²) in [4.78, 5) is 13.4. The van der Waals surface area contributed by atoms with Gasteiger partial charge >= 0.3 is 5.97 Å². The summed E-state index contributed by atoms with van der Waals surface area (Å²) in [5.41, 5.74) is 2.51. The van der Waals surface area contributed by atoms with Crippen LogP contribution in [0, 0.1) is 0 Å². The van der Waals surface area contributed by atoms with Crippen LogP contribution in [0.2, 0.25) is 0 Å². The normalized spacial score (nSPS) is 14.2. The van der Waals surface area contributed by atoms with Crippen molar-refractivity contribution in [3.63, 3.8) is 0 Å². The molecule has 0 bridgehead atoms. The minimum absolute atomic E-state index is 0.450. The van der Waals surface area contributed by atoms with Crippen LogP contribution in [0.15, 0.2) is 30.9 Å². The minimum Gasteiger partial charge on any atom is -0.478 e. The van der Waals surface area contributed by atoms with Crippen molar-refractivity contribution in [1.29, 1.82) is 0 Å². The zero-order chi connectivity index (χ0) is 12.3. The van der Waals surface area contributed by atoms with Gasteiger partial charge in [-0.2, -0.15) is 0 Å². The number of fused-ring (bicyclic) bond motifs is 1. The molecule has 90 valence electrons. The number of hydrogen-bond donors (Lipinski definition) is 1. The fraction of sp³-hybridized carbons (Fsp3) is 0.357. The first-order valence-electron chi connectivity index (χ1n) is 5.95. The molecule has 0 aromatic heterocycles. The molecule has 0 saturated carbocycles. The highest BCUT2D eigenvalue weighted by atomic mass is 16.4. The Bertz CT molecular complexity index is 440. The van der Waals surface area contributed by atoms with E-state index in [4.69, 9.17) is 5.11 Å². The van der Waals surface area contributed by atoms with Gasteiger partial charge < -0.3 is 10.0 Å². The number of nitrogens with zero attached hydrogens (tertiary/aromatic N) is 1. The second kappa shape index (κ2) is 5.04. The fourth-order valence-electron chi connectivity index (χ4n) is 2.38. The molecule has 0 amide bonds. The van der Waals surface area contributed by atoms with Crippen LogP contribution in [0.1, 0.15) is 28.8 Å². The van der Waals surface area contributed by atoms with E-state index in [1.54, 1.807) is 6.07 Å². The molecule has 0 unspecified atom stereocenters. The largest absolute Gasteiger partial charge is 0.478 e. The summed E-state index contributed by atoms with van der Waals surface area (Å²) < 4.78 is 0. The third kappa shape index (κ3) is 2.33. The van der Waals surface area contributed by atoms with Gasteiger partial charge in [-0.3, -0.25) is 0 Å². The van der Waals surface area contributed by atoms with E-state index in [-0.39, 0.29) is 0 Å². The van der Waals surface area contributed by atoms with Gasteiger partial charge in [0, 0.05) is 18.8 Å². The van der Waals surface area contributed by atoms with E-state index in [1.807, 2.05) is 18.2 Å². The second-order valence-electron chi connectivity index (χ2n) is 4.28. The van der Waals surface area contributed by atoms with Crippen molar-refractivity contribution in [3.05, 3.63) is 42.0 Å². The van der Waals surface area contributed by atoms with Gasteiger partial charge in [-0.25, -0.2) is 4.79 Å². The van der Waals surface area contributed by atoms with Crippen LogP contribution in [0.25, 0.3) is 0 Å². The summed E-state index contributed by atoms with van der Waals surface area (Å²) in [6.45, 7) is 5.65. The topological polar surface area (TPSA) is 40.5 Å². The predicted molar refractivity (Wildman–Crippen MR) is 68.7 cm³/mol. The molecular weight excluding hydrogens is 214 g/mol. The lowest BCUT2D eigenvalue weighted by atomic mass is 9.96. The zero-order valence-electron chi connectivity index (χ0n) is 9.85. The van der Waals surface area contributed by atoms with E-state index in [9.17, 15) is 4.79 Å². The number of carbonyl (C=O) groups is 1. The molecule has 1 aromatic carbocycles. The van der Waals surface area contributed by atoms with Gasteiger partial charge in [0.05, 0.1) is 5.56 Å². The Morgan fingerprint density at radius 2 is 2.35 bits per heavy atom. The van der Waals surface area contributed by atoms with Crippen LogP contribution in [-0.2, 0) is 6.42 Å². The Balaban J connectivity index is 2.35. The molecule has 0 spiro atoms. The van der Waals surface area contributed by atoms with E-state index < -0.39 is 5.97 Å². The first-order chi connectivity index (χ1) is 8.24. The summed E-state index contributed by atoms with van der Waals surface area (Å²) in [5, 5.41) is 9.17. The number of carboxylic acid groups (broad SMARTS) is 1. The number of benzene rings is 1. The van der Waals surface area contributed by atoms with Crippen LogP contribution < -0.4 is 4.90 Å². The van der Waals surface area contributed by atoms with E-state index in [2.05, 4.69) is 11.5 Å². The predicted octanol–water partition coefficient (Wildman–Crippen LogP) is 2.71. The van der Waals surface area contributed by atoms with E-state index >= 15 is 0 Å². The smallest absolute Gasteiger partial charge is 0.336 e. The third-order valence-corrected chi connectivity index (χ3v) is 3.18. The third-order valence-electron chi connectivity index (χ3n) is 3.18. The van der Waals surface area contributed by atoms with Gasteiger partial charge in [0.25, 0.3) is 0 Å². The molecule has 1 aromatic rings. The van der Waals surface area contributed by atoms with Gasteiger partial charge in [0.1, 0.15) is 0 Å². The zero-order valence-corrected chi connectivity index (χ0v) is 9.85. The monoisotopic (exact) mass is 231 g/mol. The summed E-state index contributed by atoms with van der Waals surface area (Å²) in [5.74, 6) is -0.826. The molecule has 1 N–H and O–H groups in total. The van der Waals surface area contributed by atoms with Gasteiger partial charge in [-0.05, 0) is 37.0 Å². The summed E-state index contributed by atoms with van der Waals surface area (Å²) in [6, 6.07) is 5.54. The van der Waals surface area contributed by atoms with E-state index in [0.29, 0.717) is 5.56 Å². The van der Waals surface area contributed by atoms with Crippen LogP contribution in [0.5, 0.6) is 0 Å². The molecule has 0 atom stereocenters. The fourth-order valence-corrected chi connectivity index (χ4v) is 2.38. The van der Waals surface area contributed by atoms with Crippen molar-refractivity contribution in [3.8, 4) is 0 Å². The molecule has 0 radical (unpaired) electrons. The van der Waals surface area contributed by atoms with E-state index in [0.717, 1.165) is 43.6 Å². The van der Waals surface area contributed by atoms with Crippen LogP contribution in [-0.4, -0.2) is 24.2 Å². The van der Waals surface area contributed by atoms with Crippen molar-refractivity contribution in [1.82, 2.24) is 0 Å². The molecule has 2 rings (SSSR count). The quantitative estimate of drug-likeness (QED) is 0.810. The average molecular weight is 231 g/mol. The number of hydrogen-bond acceptors (Lipinski definition) is 2. The number of carboxylic acids is 1. The van der Waals surface area contributed by atoms with Gasteiger partial charge in [0.15, 0.2) is 0 Å². The van der Waals surface area contributed by atoms with Gasteiger partial charge in [-0.15, -0.1) is 6.58 Å². The summed E-state index contributed by atoms with van der Waals surface area (Å²) >= 11 is 0. The highest BCUT2D eigenvalue weighted by molar-refractivity contribution is 5.91. The van der Waals surface area contributed by atoms with E-state index in [1.165, 1.54) is 0 Å². The maximum Gasteiger partial charge on any atom is 0.336 e. The maximum atomic E-state index is 11.2. The first-order valence-corrected chi connectivity index (χ1v) is 5.95. The molecule has 1 aliphatic heterocycles.